The first-order valence-electron chi connectivity index (χ1n) is 15.1. The van der Waals surface area contributed by atoms with Crippen molar-refractivity contribution in [3.63, 3.8) is 0 Å². The van der Waals surface area contributed by atoms with E-state index in [1.165, 1.54) is 9.80 Å². The molecule has 4 aliphatic rings. The number of rotatable bonds is 6. The monoisotopic (exact) mass is 614 g/mol. The van der Waals surface area contributed by atoms with Crippen molar-refractivity contribution < 1.29 is 28.7 Å². The van der Waals surface area contributed by atoms with E-state index in [0.717, 1.165) is 11.1 Å². The van der Waals surface area contributed by atoms with Gasteiger partial charge in [-0.05, 0) is 59.7 Å². The molecule has 0 bridgehead atoms. The zero-order valence-corrected chi connectivity index (χ0v) is 25.1. The van der Waals surface area contributed by atoms with Gasteiger partial charge in [-0.15, -0.1) is 0 Å². The van der Waals surface area contributed by atoms with Crippen LogP contribution in [0.4, 0.5) is 11.4 Å². The van der Waals surface area contributed by atoms with E-state index in [9.17, 15) is 19.2 Å². The van der Waals surface area contributed by atoms with E-state index in [2.05, 4.69) is 0 Å². The standard InChI is InChI=1S/C36H30N4O6/c1-45-25-17-13-23(14-18-25)37-33(41)27-29(21-9-5-3-6-10-21)40-32-28(30(22-11-7-4-8-12-22)39(40)31(27)35(37)43)34(42)38(36(32)44)24-15-19-26(46-2)20-16-24/h3-20,27-32H,1-2H3/t27-,28-,29+,30+,31-,32+/m1/s1. The Balaban J connectivity index is 1.29. The molecule has 4 saturated heterocycles. The zero-order chi connectivity index (χ0) is 31.7. The number of carbonyl (C=O) groups is 4. The fraction of sp³-hybridized carbons (Fsp3) is 0.222. The third-order valence-electron chi connectivity index (χ3n) is 9.67. The SMILES string of the molecule is COc1ccc(N2C(=O)[C@H]3[C@@H](C2=O)N2[C@@H](c4ccccc4)[C@H]4C(=O)N(c5ccc(OC)cc5)C(=O)[C@@H]4N2[C@H]3c2ccccc2)cc1. The predicted octanol–water partition coefficient (Wildman–Crippen LogP) is 4.15. The summed E-state index contributed by atoms with van der Waals surface area (Å²) in [5.41, 5.74) is 2.45. The highest BCUT2D eigenvalue weighted by Crippen LogP contribution is 2.59. The summed E-state index contributed by atoms with van der Waals surface area (Å²) < 4.78 is 10.6. The summed E-state index contributed by atoms with van der Waals surface area (Å²) in [6.07, 6.45) is 0. The summed E-state index contributed by atoms with van der Waals surface area (Å²) in [6, 6.07) is 29.3. The molecule has 230 valence electrons. The molecule has 0 unspecified atom stereocenters. The number of ether oxygens (including phenoxy) is 2. The van der Waals surface area contributed by atoms with E-state index in [4.69, 9.17) is 9.47 Å². The molecule has 0 saturated carbocycles. The molecule has 0 N–H and O–H groups in total. The minimum absolute atomic E-state index is 0.351. The molecule has 0 spiro atoms. The van der Waals surface area contributed by atoms with Gasteiger partial charge in [-0.3, -0.25) is 19.2 Å². The molecule has 4 fully saturated rings. The van der Waals surface area contributed by atoms with Crippen LogP contribution in [0.2, 0.25) is 0 Å². The molecule has 4 aromatic carbocycles. The number of fused-ring (bicyclic) bond motifs is 5. The molecule has 6 atom stereocenters. The molecule has 10 heteroatoms. The Bertz CT molecular complexity index is 1710. The number of methoxy groups -OCH3 is 2. The first kappa shape index (κ1) is 28.2. The van der Waals surface area contributed by atoms with Crippen LogP contribution in [0.25, 0.3) is 0 Å². The van der Waals surface area contributed by atoms with Crippen molar-refractivity contribution in [3.05, 3.63) is 120 Å². The maximum Gasteiger partial charge on any atom is 0.253 e. The van der Waals surface area contributed by atoms with Crippen LogP contribution in [0.1, 0.15) is 23.2 Å². The molecule has 0 aliphatic carbocycles. The lowest BCUT2D eigenvalue weighted by atomic mass is 9.84. The number of benzene rings is 4. The van der Waals surface area contributed by atoms with Crippen molar-refractivity contribution in [1.82, 2.24) is 10.0 Å². The number of hydrazine groups is 1. The van der Waals surface area contributed by atoms with Crippen LogP contribution < -0.4 is 19.3 Å². The zero-order valence-electron chi connectivity index (χ0n) is 25.1. The molecule has 0 radical (unpaired) electrons. The maximum atomic E-state index is 14.5. The maximum absolute atomic E-state index is 14.5. The van der Waals surface area contributed by atoms with Gasteiger partial charge in [0.2, 0.25) is 11.8 Å². The van der Waals surface area contributed by atoms with E-state index in [1.54, 1.807) is 62.8 Å². The minimum atomic E-state index is -0.925. The lowest BCUT2D eigenvalue weighted by Crippen LogP contribution is -2.50. The Kier molecular flexibility index (Phi) is 6.52. The predicted molar refractivity (Wildman–Crippen MR) is 168 cm³/mol. The molecule has 8 rings (SSSR count). The highest BCUT2D eigenvalue weighted by molar-refractivity contribution is 6.26. The van der Waals surface area contributed by atoms with Gasteiger partial charge in [0.15, 0.2) is 0 Å². The van der Waals surface area contributed by atoms with Gasteiger partial charge in [0.25, 0.3) is 11.8 Å². The molecule has 0 aromatic heterocycles. The molecule has 46 heavy (non-hydrogen) atoms. The smallest absolute Gasteiger partial charge is 0.253 e. The average molecular weight is 615 g/mol. The molecule has 4 aliphatic heterocycles. The van der Waals surface area contributed by atoms with Gasteiger partial charge in [0.1, 0.15) is 23.6 Å². The van der Waals surface area contributed by atoms with Crippen molar-refractivity contribution in [2.45, 2.75) is 24.2 Å². The molecule has 4 aromatic rings. The van der Waals surface area contributed by atoms with Gasteiger partial charge in [-0.1, -0.05) is 60.7 Å². The van der Waals surface area contributed by atoms with Crippen molar-refractivity contribution in [1.29, 1.82) is 0 Å². The minimum Gasteiger partial charge on any atom is -0.497 e. The summed E-state index contributed by atoms with van der Waals surface area (Å²) in [7, 11) is 3.11. The van der Waals surface area contributed by atoms with Gasteiger partial charge < -0.3 is 9.47 Å². The van der Waals surface area contributed by atoms with Crippen molar-refractivity contribution >= 4 is 35.0 Å². The van der Waals surface area contributed by atoms with E-state index >= 15 is 0 Å². The second-order valence-electron chi connectivity index (χ2n) is 11.8. The fourth-order valence-corrected chi connectivity index (χ4v) is 7.77. The lowest BCUT2D eigenvalue weighted by Gasteiger charge is -2.35. The fourth-order valence-electron chi connectivity index (χ4n) is 7.77. The summed E-state index contributed by atoms with van der Waals surface area (Å²) in [5, 5.41) is 3.75. The number of hydrogen-bond donors (Lipinski definition) is 0. The highest BCUT2D eigenvalue weighted by atomic mass is 16.5. The van der Waals surface area contributed by atoms with Crippen LogP contribution in [0.5, 0.6) is 11.5 Å². The van der Waals surface area contributed by atoms with Gasteiger partial charge in [-0.2, -0.15) is 0 Å². The first-order valence-corrected chi connectivity index (χ1v) is 15.1. The molecule has 4 amide bonds. The second-order valence-corrected chi connectivity index (χ2v) is 11.8. The topological polar surface area (TPSA) is 99.7 Å². The molecular weight excluding hydrogens is 584 g/mol. The third-order valence-corrected chi connectivity index (χ3v) is 9.67. The summed E-state index contributed by atoms with van der Waals surface area (Å²) in [6.45, 7) is 0. The Hall–Kier alpha value is -5.32. The largest absolute Gasteiger partial charge is 0.497 e. The van der Waals surface area contributed by atoms with Gasteiger partial charge in [0.05, 0.1) is 49.5 Å². The van der Waals surface area contributed by atoms with Crippen LogP contribution in [-0.2, 0) is 19.2 Å². The normalized spacial score (nSPS) is 27.3. The number of imide groups is 2. The van der Waals surface area contributed by atoms with Crippen LogP contribution >= 0.6 is 0 Å². The van der Waals surface area contributed by atoms with Crippen LogP contribution in [-0.4, -0.2) is 59.9 Å². The van der Waals surface area contributed by atoms with Crippen LogP contribution in [0.3, 0.4) is 0 Å². The number of anilines is 2. The Morgan fingerprint density at radius 3 is 1.11 bits per heavy atom. The Morgan fingerprint density at radius 2 is 0.783 bits per heavy atom. The lowest BCUT2D eigenvalue weighted by molar-refractivity contribution is -0.136. The van der Waals surface area contributed by atoms with Crippen molar-refractivity contribution in [3.8, 4) is 11.5 Å². The van der Waals surface area contributed by atoms with Crippen molar-refractivity contribution in [2.24, 2.45) is 11.8 Å². The van der Waals surface area contributed by atoms with Crippen LogP contribution in [0, 0.1) is 11.8 Å². The number of nitrogens with zero attached hydrogens (tertiary/aromatic N) is 4. The van der Waals surface area contributed by atoms with E-state index in [1.807, 2.05) is 70.7 Å². The second kappa shape index (κ2) is 10.6. The number of hydrogen-bond acceptors (Lipinski definition) is 8. The molecule has 10 nitrogen and oxygen atoms in total. The van der Waals surface area contributed by atoms with E-state index in [-0.39, 0.29) is 11.8 Å². The molecular formula is C36H30N4O6. The Morgan fingerprint density at radius 1 is 0.435 bits per heavy atom. The first-order chi connectivity index (χ1) is 22.4. The summed E-state index contributed by atoms with van der Waals surface area (Å²) in [4.78, 5) is 60.3. The van der Waals surface area contributed by atoms with Gasteiger partial charge in [-0.25, -0.2) is 19.8 Å². The van der Waals surface area contributed by atoms with E-state index < -0.39 is 47.8 Å². The Labute approximate surface area is 265 Å². The summed E-state index contributed by atoms with van der Waals surface area (Å²) in [5.74, 6) is -1.92. The van der Waals surface area contributed by atoms with Gasteiger partial charge >= 0.3 is 0 Å². The molecule has 4 heterocycles. The van der Waals surface area contributed by atoms with Gasteiger partial charge in [0, 0.05) is 0 Å². The quantitative estimate of drug-likeness (QED) is 0.299. The number of carbonyl (C=O) groups excluding carboxylic acids is 4. The number of amides is 4. The average Bonchev–Trinajstić information content (AvgIpc) is 3.77. The van der Waals surface area contributed by atoms with Crippen LogP contribution in [0.15, 0.2) is 109 Å². The third kappa shape index (κ3) is 3.90. The van der Waals surface area contributed by atoms with E-state index in [0.29, 0.717) is 22.9 Å². The van der Waals surface area contributed by atoms with Crippen molar-refractivity contribution in [2.75, 3.05) is 24.0 Å². The summed E-state index contributed by atoms with van der Waals surface area (Å²) >= 11 is 0. The highest BCUT2D eigenvalue weighted by Gasteiger charge is 2.73.